The smallest absolute Gasteiger partial charge is 0.262 e. The molecule has 1 amide bonds. The molecule has 0 radical (unpaired) electrons. The highest BCUT2D eigenvalue weighted by molar-refractivity contribution is 7.89. The quantitative estimate of drug-likeness (QED) is 0.804. The molecule has 0 heterocycles. The van der Waals surface area contributed by atoms with E-state index >= 15 is 0 Å². The number of benzene rings is 2. The Kier molecular flexibility index (Phi) is 6.29. The van der Waals surface area contributed by atoms with E-state index in [1.165, 1.54) is 44.4 Å². The zero-order valence-corrected chi connectivity index (χ0v) is 15.8. The van der Waals surface area contributed by atoms with Gasteiger partial charge >= 0.3 is 0 Å². The van der Waals surface area contributed by atoms with Crippen LogP contribution in [0.2, 0.25) is 10.0 Å². The molecular formula is C16H16Cl2N2O4S. The molecule has 0 saturated carbocycles. The molecule has 0 aromatic heterocycles. The van der Waals surface area contributed by atoms with E-state index < -0.39 is 15.9 Å². The number of halogens is 2. The Balaban J connectivity index is 1.95. The molecule has 0 unspecified atom stereocenters. The molecule has 6 nitrogen and oxygen atoms in total. The fourth-order valence-corrected chi connectivity index (χ4v) is 3.02. The van der Waals surface area contributed by atoms with Crippen LogP contribution in [0, 0.1) is 0 Å². The number of sulfonamides is 1. The maximum Gasteiger partial charge on any atom is 0.262 e. The van der Waals surface area contributed by atoms with Gasteiger partial charge in [0.15, 0.2) is 6.61 Å². The van der Waals surface area contributed by atoms with E-state index in [-0.39, 0.29) is 11.5 Å². The maximum atomic E-state index is 12.0. The van der Waals surface area contributed by atoms with Crippen LogP contribution in [0.4, 0.5) is 5.69 Å². The summed E-state index contributed by atoms with van der Waals surface area (Å²) in [5.74, 6) is 0.0197. The Morgan fingerprint density at radius 1 is 1.08 bits per heavy atom. The lowest BCUT2D eigenvalue weighted by molar-refractivity contribution is -0.118. The van der Waals surface area contributed by atoms with E-state index in [4.69, 9.17) is 27.9 Å². The topological polar surface area (TPSA) is 75.7 Å². The minimum absolute atomic E-state index is 0.141. The molecule has 0 aliphatic carbocycles. The Bertz CT molecular complexity index is 868. The van der Waals surface area contributed by atoms with Crippen LogP contribution in [0.1, 0.15) is 0 Å². The average molecular weight is 403 g/mol. The van der Waals surface area contributed by atoms with Crippen molar-refractivity contribution in [2.24, 2.45) is 0 Å². The van der Waals surface area contributed by atoms with E-state index in [0.29, 0.717) is 21.5 Å². The van der Waals surface area contributed by atoms with Gasteiger partial charge in [0.05, 0.1) is 14.9 Å². The Labute approximate surface area is 156 Å². The van der Waals surface area contributed by atoms with Crippen LogP contribution in [0.3, 0.4) is 0 Å². The molecule has 0 aliphatic heterocycles. The van der Waals surface area contributed by atoms with Gasteiger partial charge in [-0.15, -0.1) is 0 Å². The highest BCUT2D eigenvalue weighted by atomic mass is 35.5. The van der Waals surface area contributed by atoms with E-state index in [1.54, 1.807) is 12.1 Å². The Morgan fingerprint density at radius 2 is 1.72 bits per heavy atom. The van der Waals surface area contributed by atoms with E-state index in [1.807, 2.05) is 0 Å². The summed E-state index contributed by atoms with van der Waals surface area (Å²) >= 11 is 11.7. The summed E-state index contributed by atoms with van der Waals surface area (Å²) in [6.07, 6.45) is 0. The third-order valence-electron chi connectivity index (χ3n) is 3.18. The lowest BCUT2D eigenvalue weighted by atomic mass is 10.3. The van der Waals surface area contributed by atoms with Crippen molar-refractivity contribution in [1.29, 1.82) is 0 Å². The van der Waals surface area contributed by atoms with Crippen molar-refractivity contribution < 1.29 is 17.9 Å². The molecule has 0 aliphatic rings. The van der Waals surface area contributed by atoms with Gasteiger partial charge in [-0.1, -0.05) is 23.2 Å². The average Bonchev–Trinajstić information content (AvgIpc) is 2.56. The van der Waals surface area contributed by atoms with Gasteiger partial charge in [0.25, 0.3) is 5.91 Å². The Morgan fingerprint density at radius 3 is 2.28 bits per heavy atom. The molecule has 9 heteroatoms. The third kappa shape index (κ3) is 5.09. The number of nitrogens with one attached hydrogen (secondary N) is 1. The maximum absolute atomic E-state index is 12.0. The first-order chi connectivity index (χ1) is 11.7. The number of ether oxygens (including phenoxy) is 1. The van der Waals surface area contributed by atoms with Crippen molar-refractivity contribution in [2.45, 2.75) is 4.90 Å². The molecule has 2 rings (SSSR count). The van der Waals surface area contributed by atoms with Crippen LogP contribution < -0.4 is 10.1 Å². The number of carbonyl (C=O) groups is 1. The largest absolute Gasteiger partial charge is 0.484 e. The Hall–Kier alpha value is -1.80. The molecule has 0 saturated heterocycles. The zero-order valence-electron chi connectivity index (χ0n) is 13.5. The number of nitrogens with zero attached hydrogens (tertiary/aromatic N) is 1. The van der Waals surface area contributed by atoms with Crippen LogP contribution >= 0.6 is 23.2 Å². The summed E-state index contributed by atoms with van der Waals surface area (Å²) in [5.41, 5.74) is 0.459. The number of amides is 1. The van der Waals surface area contributed by atoms with Crippen molar-refractivity contribution in [3.8, 4) is 5.75 Å². The van der Waals surface area contributed by atoms with Gasteiger partial charge in [0.2, 0.25) is 10.0 Å². The second-order valence-electron chi connectivity index (χ2n) is 5.22. The van der Waals surface area contributed by atoms with Crippen molar-refractivity contribution in [1.82, 2.24) is 4.31 Å². The SMILES string of the molecule is CN(C)S(=O)(=O)c1ccc(NC(=O)COc2ccc(Cl)c(Cl)c2)cc1. The fraction of sp³-hybridized carbons (Fsp3) is 0.188. The fourth-order valence-electron chi connectivity index (χ4n) is 1.83. The molecule has 2 aromatic rings. The first-order valence-corrected chi connectivity index (χ1v) is 9.30. The van der Waals surface area contributed by atoms with Gasteiger partial charge < -0.3 is 10.1 Å². The second-order valence-corrected chi connectivity index (χ2v) is 8.19. The highest BCUT2D eigenvalue weighted by Gasteiger charge is 2.16. The van der Waals surface area contributed by atoms with Gasteiger partial charge in [0, 0.05) is 25.8 Å². The van der Waals surface area contributed by atoms with Crippen LogP contribution in [-0.4, -0.2) is 39.3 Å². The van der Waals surface area contributed by atoms with Crippen LogP contribution in [-0.2, 0) is 14.8 Å². The normalized spacial score (nSPS) is 11.4. The minimum Gasteiger partial charge on any atom is -0.484 e. The number of hydrogen-bond donors (Lipinski definition) is 1. The standard InChI is InChI=1S/C16H16Cl2N2O4S/c1-20(2)25(22,23)13-6-3-11(4-7-13)19-16(21)10-24-12-5-8-14(17)15(18)9-12/h3-9H,10H2,1-2H3,(H,19,21). The summed E-state index contributed by atoms with van der Waals surface area (Å²) in [5, 5.41) is 3.34. The molecule has 0 spiro atoms. The first kappa shape index (κ1) is 19.5. The molecule has 134 valence electrons. The summed E-state index contributed by atoms with van der Waals surface area (Å²) in [6, 6.07) is 10.5. The summed E-state index contributed by atoms with van der Waals surface area (Å²) < 4.78 is 30.4. The predicted molar refractivity (Wildman–Crippen MR) is 97.9 cm³/mol. The predicted octanol–water partition coefficient (Wildman–Crippen LogP) is 3.26. The van der Waals surface area contributed by atoms with E-state index in [9.17, 15) is 13.2 Å². The van der Waals surface area contributed by atoms with Crippen LogP contribution in [0.25, 0.3) is 0 Å². The number of anilines is 1. The minimum atomic E-state index is -3.50. The lowest BCUT2D eigenvalue weighted by Gasteiger charge is -2.12. The van der Waals surface area contributed by atoms with Gasteiger partial charge in [-0.05, 0) is 36.4 Å². The van der Waals surface area contributed by atoms with Crippen molar-refractivity contribution in [2.75, 3.05) is 26.0 Å². The first-order valence-electron chi connectivity index (χ1n) is 7.10. The monoisotopic (exact) mass is 402 g/mol. The number of hydrogen-bond acceptors (Lipinski definition) is 4. The van der Waals surface area contributed by atoms with Crippen molar-refractivity contribution >= 4 is 44.8 Å². The van der Waals surface area contributed by atoms with Gasteiger partial charge in [-0.25, -0.2) is 12.7 Å². The zero-order chi connectivity index (χ0) is 18.6. The molecule has 0 bridgehead atoms. The van der Waals surface area contributed by atoms with Gasteiger partial charge in [-0.2, -0.15) is 0 Å². The number of carbonyl (C=O) groups excluding carboxylic acids is 1. The van der Waals surface area contributed by atoms with Gasteiger partial charge in [0.1, 0.15) is 5.75 Å². The number of rotatable bonds is 6. The third-order valence-corrected chi connectivity index (χ3v) is 5.75. The highest BCUT2D eigenvalue weighted by Crippen LogP contribution is 2.26. The summed E-state index contributed by atoms with van der Waals surface area (Å²) in [4.78, 5) is 12.0. The van der Waals surface area contributed by atoms with E-state index in [0.717, 1.165) is 4.31 Å². The molecule has 2 aromatic carbocycles. The van der Waals surface area contributed by atoms with Crippen LogP contribution in [0.5, 0.6) is 5.75 Å². The lowest BCUT2D eigenvalue weighted by Crippen LogP contribution is -2.22. The van der Waals surface area contributed by atoms with Crippen LogP contribution in [0.15, 0.2) is 47.4 Å². The molecule has 0 atom stereocenters. The van der Waals surface area contributed by atoms with Crippen molar-refractivity contribution in [3.63, 3.8) is 0 Å². The van der Waals surface area contributed by atoms with Gasteiger partial charge in [-0.3, -0.25) is 4.79 Å². The second kappa shape index (κ2) is 8.05. The molecule has 25 heavy (non-hydrogen) atoms. The molecule has 0 fully saturated rings. The summed E-state index contributed by atoms with van der Waals surface area (Å²) in [6.45, 7) is -0.226. The molecule has 1 N–H and O–H groups in total. The molecular weight excluding hydrogens is 387 g/mol. The summed E-state index contributed by atoms with van der Waals surface area (Å²) in [7, 11) is -0.604. The van der Waals surface area contributed by atoms with E-state index in [2.05, 4.69) is 5.32 Å². The van der Waals surface area contributed by atoms with Crippen molar-refractivity contribution in [3.05, 3.63) is 52.5 Å².